The lowest BCUT2D eigenvalue weighted by Gasteiger charge is -2.06. The Hall–Kier alpha value is -3.03. The van der Waals surface area contributed by atoms with Crippen LogP contribution in [0.25, 0.3) is 11.2 Å². The van der Waals surface area contributed by atoms with Crippen molar-refractivity contribution in [3.63, 3.8) is 0 Å². The second kappa shape index (κ2) is 6.05. The maximum absolute atomic E-state index is 12.5. The van der Waals surface area contributed by atoms with Crippen molar-refractivity contribution in [1.82, 2.24) is 28.9 Å². The standard InChI is InChI=1S/C12H10F3N7O3S/c1-20-7-6(8(24)21(2)11(20)25)22(4-16-7)3-5(23)17-10-19-18-9(26-10)12(13,14)15/h4H,3H2,1-2H3,(H,17,19,23). The van der Waals surface area contributed by atoms with E-state index in [1.807, 2.05) is 0 Å². The summed E-state index contributed by atoms with van der Waals surface area (Å²) in [7, 11) is 2.70. The summed E-state index contributed by atoms with van der Waals surface area (Å²) in [6.07, 6.45) is -3.47. The molecule has 138 valence electrons. The van der Waals surface area contributed by atoms with Gasteiger partial charge in [0.25, 0.3) is 5.56 Å². The molecule has 0 aliphatic rings. The van der Waals surface area contributed by atoms with E-state index >= 15 is 0 Å². The zero-order chi connectivity index (χ0) is 19.2. The highest BCUT2D eigenvalue weighted by Crippen LogP contribution is 2.32. The van der Waals surface area contributed by atoms with Gasteiger partial charge in [0.1, 0.15) is 6.54 Å². The van der Waals surface area contributed by atoms with E-state index < -0.39 is 34.9 Å². The third-order valence-electron chi connectivity index (χ3n) is 3.45. The molecule has 3 aromatic heterocycles. The summed E-state index contributed by atoms with van der Waals surface area (Å²) in [5.74, 6) is -0.731. The number of carbonyl (C=O) groups is 1. The number of nitrogens with zero attached hydrogens (tertiary/aromatic N) is 6. The Labute approximate surface area is 145 Å². The monoisotopic (exact) mass is 389 g/mol. The molecule has 26 heavy (non-hydrogen) atoms. The molecule has 14 heteroatoms. The topological polar surface area (TPSA) is 117 Å². The molecule has 3 aromatic rings. The highest BCUT2D eigenvalue weighted by Gasteiger charge is 2.35. The molecular formula is C12H10F3N7O3S. The molecule has 0 unspecified atom stereocenters. The van der Waals surface area contributed by atoms with Crippen molar-refractivity contribution in [2.75, 3.05) is 5.32 Å². The maximum atomic E-state index is 12.5. The number of fused-ring (bicyclic) bond motifs is 1. The molecule has 0 bridgehead atoms. The lowest BCUT2D eigenvalue weighted by Crippen LogP contribution is -2.37. The smallest absolute Gasteiger partial charge is 0.315 e. The predicted octanol–water partition coefficient (Wildman–Crippen LogP) is -0.0573. The molecule has 0 aliphatic carbocycles. The Balaban J connectivity index is 1.88. The van der Waals surface area contributed by atoms with Gasteiger partial charge in [-0.05, 0) is 0 Å². The minimum atomic E-state index is -4.65. The summed E-state index contributed by atoms with van der Waals surface area (Å²) in [6, 6.07) is 0. The third kappa shape index (κ3) is 2.98. The summed E-state index contributed by atoms with van der Waals surface area (Å²) in [4.78, 5) is 40.1. The summed E-state index contributed by atoms with van der Waals surface area (Å²) in [6.45, 7) is -0.412. The Morgan fingerprint density at radius 2 is 1.92 bits per heavy atom. The van der Waals surface area contributed by atoms with Crippen molar-refractivity contribution < 1.29 is 18.0 Å². The molecular weight excluding hydrogens is 379 g/mol. The van der Waals surface area contributed by atoms with Gasteiger partial charge < -0.3 is 4.57 Å². The Kier molecular flexibility index (Phi) is 4.14. The van der Waals surface area contributed by atoms with Gasteiger partial charge in [0.15, 0.2) is 11.2 Å². The highest BCUT2D eigenvalue weighted by molar-refractivity contribution is 7.15. The molecule has 3 rings (SSSR count). The number of amides is 1. The molecule has 0 fully saturated rings. The van der Waals surface area contributed by atoms with Crippen LogP contribution in [0.1, 0.15) is 5.01 Å². The van der Waals surface area contributed by atoms with Gasteiger partial charge in [0.05, 0.1) is 6.33 Å². The number of halogens is 3. The minimum absolute atomic E-state index is 0.0120. The fourth-order valence-corrected chi connectivity index (χ4v) is 2.85. The molecule has 0 radical (unpaired) electrons. The van der Waals surface area contributed by atoms with Crippen molar-refractivity contribution in [3.8, 4) is 0 Å². The van der Waals surface area contributed by atoms with Gasteiger partial charge in [0.2, 0.25) is 16.0 Å². The first kappa shape index (κ1) is 17.8. The fraction of sp³-hybridized carbons (Fsp3) is 0.333. The van der Waals surface area contributed by atoms with Crippen LogP contribution >= 0.6 is 11.3 Å². The largest absolute Gasteiger partial charge is 0.445 e. The number of hydrogen-bond acceptors (Lipinski definition) is 7. The van der Waals surface area contributed by atoms with Gasteiger partial charge in [-0.25, -0.2) is 9.78 Å². The average Bonchev–Trinajstić information content (AvgIpc) is 3.18. The first-order valence-corrected chi connectivity index (χ1v) is 7.72. The van der Waals surface area contributed by atoms with Crippen LogP contribution in [0.3, 0.4) is 0 Å². The minimum Gasteiger partial charge on any atom is -0.315 e. The van der Waals surface area contributed by atoms with Crippen LogP contribution < -0.4 is 16.6 Å². The number of aromatic nitrogens is 6. The fourth-order valence-electron chi connectivity index (χ4n) is 2.22. The normalized spacial score (nSPS) is 11.9. The van der Waals surface area contributed by atoms with E-state index in [0.717, 1.165) is 9.13 Å². The van der Waals surface area contributed by atoms with E-state index in [2.05, 4.69) is 20.5 Å². The van der Waals surface area contributed by atoms with Crippen molar-refractivity contribution in [2.24, 2.45) is 14.1 Å². The molecule has 10 nitrogen and oxygen atoms in total. The van der Waals surface area contributed by atoms with Gasteiger partial charge >= 0.3 is 11.9 Å². The quantitative estimate of drug-likeness (QED) is 0.671. The first-order valence-electron chi connectivity index (χ1n) is 6.91. The molecule has 0 spiro atoms. The Morgan fingerprint density at radius 1 is 1.23 bits per heavy atom. The highest BCUT2D eigenvalue weighted by atomic mass is 32.1. The van der Waals surface area contributed by atoms with Crippen LogP contribution in [-0.4, -0.2) is 34.8 Å². The van der Waals surface area contributed by atoms with Crippen LogP contribution in [0.2, 0.25) is 0 Å². The lowest BCUT2D eigenvalue weighted by molar-refractivity contribution is -0.138. The Bertz CT molecular complexity index is 1120. The van der Waals surface area contributed by atoms with Crippen molar-refractivity contribution >= 4 is 33.5 Å². The number of carbonyl (C=O) groups excluding carboxylic acids is 1. The number of aryl methyl sites for hydroxylation is 1. The van der Waals surface area contributed by atoms with E-state index in [1.54, 1.807) is 0 Å². The second-order valence-corrected chi connectivity index (χ2v) is 6.19. The van der Waals surface area contributed by atoms with Gasteiger partial charge in [-0.2, -0.15) is 13.2 Å². The molecule has 3 heterocycles. The van der Waals surface area contributed by atoms with Gasteiger partial charge in [-0.3, -0.25) is 24.0 Å². The first-order chi connectivity index (χ1) is 12.1. The van der Waals surface area contributed by atoms with Crippen molar-refractivity contribution in [1.29, 1.82) is 0 Å². The average molecular weight is 389 g/mol. The maximum Gasteiger partial charge on any atom is 0.445 e. The summed E-state index contributed by atoms with van der Waals surface area (Å²) < 4.78 is 40.7. The molecule has 0 saturated heterocycles. The van der Waals surface area contributed by atoms with Gasteiger partial charge in [-0.1, -0.05) is 11.3 Å². The molecule has 1 N–H and O–H groups in total. The van der Waals surface area contributed by atoms with Gasteiger partial charge in [-0.15, -0.1) is 10.2 Å². The zero-order valence-electron chi connectivity index (χ0n) is 13.2. The predicted molar refractivity (Wildman–Crippen MR) is 83.8 cm³/mol. The number of hydrogen-bond donors (Lipinski definition) is 1. The SMILES string of the molecule is Cn1c(=O)c2c(ncn2CC(=O)Nc2nnc(C(F)(F)F)s2)n(C)c1=O. The number of anilines is 1. The van der Waals surface area contributed by atoms with E-state index in [9.17, 15) is 27.6 Å². The van der Waals surface area contributed by atoms with Crippen molar-refractivity contribution in [3.05, 3.63) is 32.2 Å². The lowest BCUT2D eigenvalue weighted by atomic mass is 10.4. The van der Waals surface area contributed by atoms with Crippen LogP contribution in [-0.2, 0) is 31.6 Å². The second-order valence-electron chi connectivity index (χ2n) is 5.21. The number of rotatable bonds is 3. The van der Waals surface area contributed by atoms with Crippen molar-refractivity contribution in [2.45, 2.75) is 12.7 Å². The summed E-state index contributed by atoms with van der Waals surface area (Å²) in [5, 5.41) is 6.87. The molecule has 0 aliphatic heterocycles. The van der Waals surface area contributed by atoms with E-state index in [0.29, 0.717) is 0 Å². The van der Waals surface area contributed by atoms with Crippen LogP contribution in [0.5, 0.6) is 0 Å². The van der Waals surface area contributed by atoms with E-state index in [4.69, 9.17) is 0 Å². The Morgan fingerprint density at radius 3 is 2.54 bits per heavy atom. The molecule has 0 aromatic carbocycles. The van der Waals surface area contributed by atoms with Crippen LogP contribution in [0.4, 0.5) is 18.3 Å². The van der Waals surface area contributed by atoms with Crippen LogP contribution in [0, 0.1) is 0 Å². The van der Waals surface area contributed by atoms with Gasteiger partial charge in [0, 0.05) is 14.1 Å². The zero-order valence-corrected chi connectivity index (χ0v) is 14.1. The van der Waals surface area contributed by atoms with Crippen LogP contribution in [0.15, 0.2) is 15.9 Å². The summed E-state index contributed by atoms with van der Waals surface area (Å²) in [5.41, 5.74) is -1.13. The number of nitrogens with one attached hydrogen (secondary N) is 1. The van der Waals surface area contributed by atoms with E-state index in [-0.39, 0.29) is 27.6 Å². The third-order valence-corrected chi connectivity index (χ3v) is 4.33. The molecule has 1 amide bonds. The number of imidazole rings is 1. The molecule has 0 saturated carbocycles. The van der Waals surface area contributed by atoms with E-state index in [1.165, 1.54) is 25.0 Å². The molecule has 0 atom stereocenters. The summed E-state index contributed by atoms with van der Waals surface area (Å²) >= 11 is 0.179. The number of alkyl halides is 3.